The molecule has 0 radical (unpaired) electrons. The Balaban J connectivity index is 1.75. The molecule has 1 aliphatic heterocycles. The average Bonchev–Trinajstić information content (AvgIpc) is 3.60. The van der Waals surface area contributed by atoms with Crippen LogP contribution in [0.5, 0.6) is 0 Å². The summed E-state index contributed by atoms with van der Waals surface area (Å²) in [4.78, 5) is 38.8. The first-order chi connectivity index (χ1) is 17.6. The van der Waals surface area contributed by atoms with E-state index in [-0.39, 0.29) is 28.2 Å². The van der Waals surface area contributed by atoms with Crippen molar-refractivity contribution < 1.29 is 28.2 Å². The summed E-state index contributed by atoms with van der Waals surface area (Å²) in [6.45, 7) is 11.9. The smallest absolute Gasteiger partial charge is 0.426 e. The average molecular weight is 556 g/mol. The lowest BCUT2D eigenvalue weighted by atomic mass is 9.97. The molecule has 38 heavy (non-hydrogen) atoms. The Labute approximate surface area is 228 Å². The third-order valence-electron chi connectivity index (χ3n) is 5.81. The Kier molecular flexibility index (Phi) is 9.22. The van der Waals surface area contributed by atoms with E-state index in [1.807, 2.05) is 4.90 Å². The van der Waals surface area contributed by atoms with Crippen LogP contribution in [0.2, 0.25) is 5.02 Å². The van der Waals surface area contributed by atoms with E-state index in [2.05, 4.69) is 21.5 Å². The molecule has 212 valence electrons. The fraction of sp³-hybridized carbons (Fsp3) is 0.654. The number of hydrogen-bond acceptors (Lipinski definition) is 7. The van der Waals surface area contributed by atoms with Gasteiger partial charge in [-0.15, -0.1) is 0 Å². The highest BCUT2D eigenvalue weighted by molar-refractivity contribution is 6.37. The largest absolute Gasteiger partial charge is 0.444 e. The van der Waals surface area contributed by atoms with Gasteiger partial charge in [0.1, 0.15) is 17.0 Å². The van der Waals surface area contributed by atoms with Crippen molar-refractivity contribution >= 4 is 41.1 Å². The number of benzene rings is 1. The zero-order valence-corrected chi connectivity index (χ0v) is 23.7. The van der Waals surface area contributed by atoms with E-state index in [0.29, 0.717) is 25.3 Å². The van der Waals surface area contributed by atoms with Crippen LogP contribution in [0.15, 0.2) is 6.07 Å². The number of nitrogens with zero attached hydrogens (tertiary/aromatic N) is 1. The number of alkyl carbamates (subject to hydrolysis) is 1. The van der Waals surface area contributed by atoms with Gasteiger partial charge in [-0.05, 0) is 79.2 Å². The second-order valence-corrected chi connectivity index (χ2v) is 12.2. The van der Waals surface area contributed by atoms with Crippen molar-refractivity contribution in [1.82, 2.24) is 16.2 Å². The molecule has 1 heterocycles. The van der Waals surface area contributed by atoms with Crippen LogP contribution in [0, 0.1) is 11.7 Å². The lowest BCUT2D eigenvalue weighted by Crippen LogP contribution is -2.44. The van der Waals surface area contributed by atoms with Gasteiger partial charge in [0.25, 0.3) is 5.91 Å². The highest BCUT2D eigenvalue weighted by Crippen LogP contribution is 2.41. The highest BCUT2D eigenvalue weighted by atomic mass is 35.5. The van der Waals surface area contributed by atoms with E-state index < -0.39 is 35.1 Å². The quantitative estimate of drug-likeness (QED) is 0.366. The monoisotopic (exact) mass is 555 g/mol. The molecule has 3 amide bonds. The van der Waals surface area contributed by atoms with E-state index in [1.165, 1.54) is 0 Å². The first-order valence-electron chi connectivity index (χ1n) is 12.9. The van der Waals surface area contributed by atoms with Crippen LogP contribution in [-0.2, 0) is 9.47 Å². The normalized spacial score (nSPS) is 17.9. The fourth-order valence-corrected chi connectivity index (χ4v) is 4.47. The second kappa shape index (κ2) is 11.8. The molecule has 1 atom stereocenters. The van der Waals surface area contributed by atoms with Crippen LogP contribution >= 0.6 is 11.6 Å². The van der Waals surface area contributed by atoms with Crippen molar-refractivity contribution in [2.24, 2.45) is 5.92 Å². The zero-order chi connectivity index (χ0) is 28.3. The Bertz CT molecular complexity index is 1050. The van der Waals surface area contributed by atoms with Gasteiger partial charge in [-0.25, -0.2) is 19.4 Å². The van der Waals surface area contributed by atoms with Crippen molar-refractivity contribution in [2.75, 3.05) is 29.9 Å². The molecule has 1 saturated carbocycles. The Morgan fingerprint density at radius 1 is 1.03 bits per heavy atom. The van der Waals surface area contributed by atoms with Crippen molar-refractivity contribution in [1.29, 1.82) is 0 Å². The summed E-state index contributed by atoms with van der Waals surface area (Å²) in [5, 5.41) is 6.13. The lowest BCUT2D eigenvalue weighted by molar-refractivity contribution is 0.0481. The molecule has 0 bridgehead atoms. The Morgan fingerprint density at radius 2 is 1.66 bits per heavy atom. The zero-order valence-electron chi connectivity index (χ0n) is 22.9. The molecule has 12 heteroatoms. The molecule has 1 aliphatic carbocycles. The molecule has 2 fully saturated rings. The summed E-state index contributed by atoms with van der Waals surface area (Å²) in [6, 6.07) is 1.25. The molecule has 0 spiro atoms. The van der Waals surface area contributed by atoms with Crippen LogP contribution in [0.25, 0.3) is 0 Å². The summed E-state index contributed by atoms with van der Waals surface area (Å²) in [6.07, 6.45) is 2.11. The van der Waals surface area contributed by atoms with Crippen LogP contribution in [-0.4, -0.2) is 55.0 Å². The maximum Gasteiger partial charge on any atom is 0.426 e. The molecule has 1 saturated heterocycles. The van der Waals surface area contributed by atoms with Gasteiger partial charge in [0.05, 0.1) is 22.0 Å². The van der Waals surface area contributed by atoms with E-state index >= 15 is 4.39 Å². The number of nitrogens with one attached hydrogen (secondary N) is 4. The number of hydrogen-bond donors (Lipinski definition) is 4. The number of ether oxygens (including phenoxy) is 2. The Hall–Kier alpha value is -2.95. The van der Waals surface area contributed by atoms with Gasteiger partial charge >= 0.3 is 12.2 Å². The van der Waals surface area contributed by atoms with Crippen LogP contribution in [0.4, 0.5) is 25.4 Å². The number of rotatable bonds is 6. The van der Waals surface area contributed by atoms with Gasteiger partial charge in [-0.2, -0.15) is 0 Å². The molecule has 10 nitrogen and oxygen atoms in total. The molecule has 1 aromatic rings. The molecular weight excluding hydrogens is 517 g/mol. The predicted molar refractivity (Wildman–Crippen MR) is 144 cm³/mol. The van der Waals surface area contributed by atoms with Crippen LogP contribution < -0.4 is 26.4 Å². The number of piperidine rings is 1. The van der Waals surface area contributed by atoms with E-state index in [4.69, 9.17) is 21.1 Å². The van der Waals surface area contributed by atoms with Gasteiger partial charge in [-0.3, -0.25) is 10.2 Å². The maximum atomic E-state index is 15.5. The second-order valence-electron chi connectivity index (χ2n) is 11.8. The minimum Gasteiger partial charge on any atom is -0.444 e. The molecule has 4 N–H and O–H groups in total. The van der Waals surface area contributed by atoms with Gasteiger partial charge in [0.15, 0.2) is 0 Å². The summed E-state index contributed by atoms with van der Waals surface area (Å²) in [5.41, 5.74) is 3.58. The van der Waals surface area contributed by atoms with Gasteiger partial charge in [0, 0.05) is 25.7 Å². The summed E-state index contributed by atoms with van der Waals surface area (Å²) < 4.78 is 25.9. The number of amides is 3. The molecular formula is C26H39ClFN5O5. The van der Waals surface area contributed by atoms with Gasteiger partial charge in [0.2, 0.25) is 0 Å². The van der Waals surface area contributed by atoms with Crippen molar-refractivity contribution in [3.63, 3.8) is 0 Å². The van der Waals surface area contributed by atoms with Crippen LogP contribution in [0.1, 0.15) is 77.6 Å². The standard InChI is InChI=1S/C26H39ClFN5O5/c1-25(2,3)37-23(35)29-13-15-8-7-11-33(14-15)21-18(28)12-17(20(19(21)27)30-16-9-10-16)22(34)31-32-24(36)38-26(4,5)6/h12,15-16,30H,7-11,13-14H2,1-6H3,(H,29,35)(H,31,34)(H,32,36). The molecule has 0 aromatic heterocycles. The number of anilines is 2. The van der Waals surface area contributed by atoms with Crippen molar-refractivity contribution in [2.45, 2.75) is 84.5 Å². The van der Waals surface area contributed by atoms with Gasteiger partial charge in [-0.1, -0.05) is 11.6 Å². The number of carbonyl (C=O) groups is 3. The summed E-state index contributed by atoms with van der Waals surface area (Å²) in [7, 11) is 0. The minimum absolute atomic E-state index is 0.0284. The Morgan fingerprint density at radius 3 is 2.26 bits per heavy atom. The maximum absolute atomic E-state index is 15.5. The third kappa shape index (κ3) is 8.82. The SMILES string of the molecule is CC(C)(C)OC(=O)NCC1CCCN(c2c(F)cc(C(=O)NNC(=O)OC(C)(C)C)c(NC3CC3)c2Cl)C1. The number of carbonyl (C=O) groups excluding carboxylic acids is 3. The van der Waals surface area contributed by atoms with Gasteiger partial charge < -0.3 is 25.0 Å². The van der Waals surface area contributed by atoms with E-state index in [9.17, 15) is 14.4 Å². The first kappa shape index (κ1) is 29.6. The predicted octanol–water partition coefficient (Wildman–Crippen LogP) is 4.96. The molecule has 3 rings (SSSR count). The lowest BCUT2D eigenvalue weighted by Gasteiger charge is -2.36. The third-order valence-corrected chi connectivity index (χ3v) is 6.18. The van der Waals surface area contributed by atoms with E-state index in [1.54, 1.807) is 41.5 Å². The first-order valence-corrected chi connectivity index (χ1v) is 13.3. The van der Waals surface area contributed by atoms with Crippen molar-refractivity contribution in [3.8, 4) is 0 Å². The molecule has 1 unspecified atom stereocenters. The number of hydrazine groups is 1. The topological polar surface area (TPSA) is 121 Å². The minimum atomic E-state index is -0.843. The summed E-state index contributed by atoms with van der Waals surface area (Å²) >= 11 is 6.74. The summed E-state index contributed by atoms with van der Waals surface area (Å²) in [5.74, 6) is -1.32. The number of halogens is 2. The molecule has 1 aromatic carbocycles. The fourth-order valence-electron chi connectivity index (χ4n) is 4.11. The van der Waals surface area contributed by atoms with E-state index in [0.717, 1.165) is 31.7 Å². The van der Waals surface area contributed by atoms with Crippen LogP contribution in [0.3, 0.4) is 0 Å². The molecule has 2 aliphatic rings. The highest BCUT2D eigenvalue weighted by Gasteiger charge is 2.31. The van der Waals surface area contributed by atoms with Crippen molar-refractivity contribution in [3.05, 3.63) is 22.5 Å².